The summed E-state index contributed by atoms with van der Waals surface area (Å²) in [4.78, 5) is 4.57. The van der Waals surface area contributed by atoms with Gasteiger partial charge in [0.2, 0.25) is 0 Å². The predicted molar refractivity (Wildman–Crippen MR) is 85.2 cm³/mol. The van der Waals surface area contributed by atoms with Gasteiger partial charge in [-0.25, -0.2) is 4.98 Å². The van der Waals surface area contributed by atoms with E-state index in [1.54, 1.807) is 11.3 Å². The van der Waals surface area contributed by atoms with Gasteiger partial charge in [-0.2, -0.15) is 0 Å². The highest BCUT2D eigenvalue weighted by atomic mass is 32.1. The van der Waals surface area contributed by atoms with E-state index < -0.39 is 0 Å². The summed E-state index contributed by atoms with van der Waals surface area (Å²) >= 11 is 1.80. The number of thiophene rings is 1. The van der Waals surface area contributed by atoms with Gasteiger partial charge < -0.3 is 9.88 Å². The van der Waals surface area contributed by atoms with Gasteiger partial charge in [0, 0.05) is 23.6 Å². The van der Waals surface area contributed by atoms with Crippen molar-refractivity contribution in [3.05, 3.63) is 53.4 Å². The van der Waals surface area contributed by atoms with Crippen molar-refractivity contribution < 1.29 is 0 Å². The Morgan fingerprint density at radius 3 is 3.00 bits per heavy atom. The quantitative estimate of drug-likeness (QED) is 0.772. The molecule has 2 aromatic heterocycles. The summed E-state index contributed by atoms with van der Waals surface area (Å²) in [6.07, 6.45) is 5.08. The largest absolute Gasteiger partial charge is 0.333 e. The molecule has 20 heavy (non-hydrogen) atoms. The van der Waals surface area contributed by atoms with Crippen LogP contribution in [0.1, 0.15) is 30.8 Å². The van der Waals surface area contributed by atoms with Gasteiger partial charge in [-0.3, -0.25) is 0 Å². The van der Waals surface area contributed by atoms with Gasteiger partial charge in [-0.05, 0) is 35.9 Å². The molecule has 0 amide bonds. The van der Waals surface area contributed by atoms with E-state index in [0.717, 1.165) is 18.8 Å². The topological polar surface area (TPSA) is 29.9 Å². The number of hydrogen-bond acceptors (Lipinski definition) is 3. The van der Waals surface area contributed by atoms with Crippen molar-refractivity contribution in [3.8, 4) is 0 Å². The predicted octanol–water partition coefficient (Wildman–Crippen LogP) is 3.82. The van der Waals surface area contributed by atoms with Gasteiger partial charge in [0.05, 0.1) is 6.04 Å². The Bertz CT molecular complexity index is 698. The maximum absolute atomic E-state index is 4.57. The van der Waals surface area contributed by atoms with Crippen LogP contribution in [-0.2, 0) is 6.54 Å². The van der Waals surface area contributed by atoms with Gasteiger partial charge in [-0.1, -0.05) is 25.1 Å². The van der Waals surface area contributed by atoms with Crippen LogP contribution in [0.25, 0.3) is 10.1 Å². The van der Waals surface area contributed by atoms with Crippen molar-refractivity contribution in [2.75, 3.05) is 7.05 Å². The van der Waals surface area contributed by atoms with Crippen molar-refractivity contribution in [3.63, 3.8) is 0 Å². The molecule has 0 spiro atoms. The first kappa shape index (κ1) is 13.3. The molecule has 3 rings (SSSR count). The highest BCUT2D eigenvalue weighted by Gasteiger charge is 2.20. The zero-order valence-electron chi connectivity index (χ0n) is 11.8. The summed E-state index contributed by atoms with van der Waals surface area (Å²) in [6, 6.07) is 8.71. The van der Waals surface area contributed by atoms with Crippen LogP contribution in [0.2, 0.25) is 0 Å². The number of nitrogens with one attached hydrogen (secondary N) is 1. The monoisotopic (exact) mass is 285 g/mol. The minimum absolute atomic E-state index is 0.146. The van der Waals surface area contributed by atoms with Gasteiger partial charge in [0.1, 0.15) is 5.82 Å². The van der Waals surface area contributed by atoms with E-state index in [9.17, 15) is 0 Å². The lowest BCUT2D eigenvalue weighted by atomic mass is 10.1. The Morgan fingerprint density at radius 2 is 2.20 bits per heavy atom. The van der Waals surface area contributed by atoms with Crippen LogP contribution >= 0.6 is 11.3 Å². The lowest BCUT2D eigenvalue weighted by molar-refractivity contribution is 0.571. The number of benzene rings is 1. The highest BCUT2D eigenvalue weighted by Crippen LogP contribution is 2.32. The summed E-state index contributed by atoms with van der Waals surface area (Å²) in [5, 5.41) is 6.99. The normalized spacial score (nSPS) is 12.9. The Kier molecular flexibility index (Phi) is 3.85. The van der Waals surface area contributed by atoms with Crippen molar-refractivity contribution in [2.45, 2.75) is 25.9 Å². The number of rotatable bonds is 5. The fourth-order valence-electron chi connectivity index (χ4n) is 2.66. The molecule has 0 aliphatic carbocycles. The number of nitrogens with zero attached hydrogens (tertiary/aromatic N) is 2. The van der Waals surface area contributed by atoms with Crippen molar-refractivity contribution in [1.29, 1.82) is 0 Å². The molecule has 0 bridgehead atoms. The number of fused-ring (bicyclic) bond motifs is 1. The summed E-state index contributed by atoms with van der Waals surface area (Å²) in [5.41, 5.74) is 1.32. The molecule has 3 aromatic rings. The Balaban J connectivity index is 2.07. The van der Waals surface area contributed by atoms with E-state index in [1.165, 1.54) is 15.6 Å². The summed E-state index contributed by atoms with van der Waals surface area (Å²) < 4.78 is 3.57. The van der Waals surface area contributed by atoms with Crippen LogP contribution in [0, 0.1) is 0 Å². The van der Waals surface area contributed by atoms with Gasteiger partial charge in [0.15, 0.2) is 0 Å². The molecule has 0 fully saturated rings. The molecule has 0 radical (unpaired) electrons. The summed E-state index contributed by atoms with van der Waals surface area (Å²) in [5.74, 6) is 1.10. The standard InChI is InChI=1S/C16H19N3S/c1-3-9-19-10-8-18-16(19)15(17-2)13-11-20-14-7-5-4-6-12(13)14/h4-8,10-11,15,17H,3,9H2,1-2H3. The van der Waals surface area contributed by atoms with E-state index in [0.29, 0.717) is 0 Å². The molecule has 2 heterocycles. The number of hydrogen-bond donors (Lipinski definition) is 1. The number of aryl methyl sites for hydroxylation is 1. The summed E-state index contributed by atoms with van der Waals surface area (Å²) in [7, 11) is 2.00. The highest BCUT2D eigenvalue weighted by molar-refractivity contribution is 7.17. The first-order valence-electron chi connectivity index (χ1n) is 6.99. The molecule has 3 nitrogen and oxygen atoms in total. The molecule has 1 atom stereocenters. The second-order valence-electron chi connectivity index (χ2n) is 4.89. The Labute approximate surface area is 123 Å². The van der Waals surface area contributed by atoms with Crippen LogP contribution in [0.15, 0.2) is 42.0 Å². The molecular weight excluding hydrogens is 266 g/mol. The van der Waals surface area contributed by atoms with Crippen molar-refractivity contribution >= 4 is 21.4 Å². The van der Waals surface area contributed by atoms with Crippen molar-refractivity contribution in [2.24, 2.45) is 0 Å². The summed E-state index contributed by atoms with van der Waals surface area (Å²) in [6.45, 7) is 3.20. The molecule has 0 saturated heterocycles. The molecule has 0 saturated carbocycles. The van der Waals surface area contributed by atoms with E-state index in [1.807, 2.05) is 13.2 Å². The maximum atomic E-state index is 4.57. The molecule has 1 N–H and O–H groups in total. The van der Waals surface area contributed by atoms with Crippen LogP contribution in [-0.4, -0.2) is 16.6 Å². The Morgan fingerprint density at radius 1 is 1.35 bits per heavy atom. The lowest BCUT2D eigenvalue weighted by Gasteiger charge is -2.17. The molecule has 1 aromatic carbocycles. The first-order valence-corrected chi connectivity index (χ1v) is 7.87. The minimum atomic E-state index is 0.146. The molecule has 4 heteroatoms. The fourth-order valence-corrected chi connectivity index (χ4v) is 3.64. The molecule has 0 aliphatic heterocycles. The minimum Gasteiger partial charge on any atom is -0.333 e. The Hall–Kier alpha value is -1.65. The van der Waals surface area contributed by atoms with E-state index in [2.05, 4.69) is 57.6 Å². The van der Waals surface area contributed by atoms with Crippen LogP contribution in [0.5, 0.6) is 0 Å². The average Bonchev–Trinajstić information content (AvgIpc) is 3.09. The molecule has 104 valence electrons. The van der Waals surface area contributed by atoms with Crippen molar-refractivity contribution in [1.82, 2.24) is 14.9 Å². The second-order valence-corrected chi connectivity index (χ2v) is 5.80. The first-order chi connectivity index (χ1) is 9.85. The van der Waals surface area contributed by atoms with E-state index in [4.69, 9.17) is 0 Å². The van der Waals surface area contributed by atoms with E-state index in [-0.39, 0.29) is 6.04 Å². The van der Waals surface area contributed by atoms with Gasteiger partial charge in [0.25, 0.3) is 0 Å². The zero-order valence-corrected chi connectivity index (χ0v) is 12.7. The number of aromatic nitrogens is 2. The second kappa shape index (κ2) is 5.77. The van der Waals surface area contributed by atoms with Crippen LogP contribution < -0.4 is 5.32 Å². The molecule has 0 aliphatic rings. The smallest absolute Gasteiger partial charge is 0.130 e. The fraction of sp³-hybridized carbons (Fsp3) is 0.312. The third-order valence-corrected chi connectivity index (χ3v) is 4.56. The number of imidazole rings is 1. The third-order valence-electron chi connectivity index (χ3n) is 3.58. The van der Waals surface area contributed by atoms with Crippen LogP contribution in [0.3, 0.4) is 0 Å². The van der Waals surface area contributed by atoms with Gasteiger partial charge in [-0.15, -0.1) is 11.3 Å². The third kappa shape index (κ3) is 2.25. The van der Waals surface area contributed by atoms with E-state index >= 15 is 0 Å². The zero-order chi connectivity index (χ0) is 13.9. The van der Waals surface area contributed by atoms with Gasteiger partial charge >= 0.3 is 0 Å². The lowest BCUT2D eigenvalue weighted by Crippen LogP contribution is -2.21. The van der Waals surface area contributed by atoms with Crippen LogP contribution in [0.4, 0.5) is 0 Å². The SMILES string of the molecule is CCCn1ccnc1C(NC)c1csc2ccccc12. The molecule has 1 unspecified atom stereocenters. The average molecular weight is 285 g/mol. The molecular formula is C16H19N3S. The maximum Gasteiger partial charge on any atom is 0.130 e.